The largest absolute Gasteiger partial charge is 0.450 e. The van der Waals surface area contributed by atoms with Crippen molar-refractivity contribution in [1.29, 1.82) is 0 Å². The van der Waals surface area contributed by atoms with E-state index < -0.39 is 7.14 Å². The van der Waals surface area contributed by atoms with Crippen molar-refractivity contribution < 1.29 is 13.8 Å². The Balaban J connectivity index is 2.84. The van der Waals surface area contributed by atoms with Crippen molar-refractivity contribution in [1.82, 2.24) is 0 Å². The van der Waals surface area contributed by atoms with Crippen molar-refractivity contribution in [3.05, 3.63) is 17.9 Å². The van der Waals surface area contributed by atoms with Crippen LogP contribution in [-0.4, -0.2) is 18.1 Å². The third-order valence-corrected chi connectivity index (χ3v) is 6.13. The average Bonchev–Trinajstić information content (AvgIpc) is 2.85. The number of rotatable bonds is 7. The van der Waals surface area contributed by atoms with Crippen LogP contribution in [0.15, 0.2) is 16.5 Å². The molecule has 0 bridgehead atoms. The molecular weight excluding hydrogens is 235 g/mol. The van der Waals surface area contributed by atoms with E-state index in [9.17, 15) is 9.36 Å². The van der Waals surface area contributed by atoms with Crippen LogP contribution in [0.25, 0.3) is 0 Å². The summed E-state index contributed by atoms with van der Waals surface area (Å²) in [6, 6.07) is 3.36. The molecule has 1 heterocycles. The first-order valence-electron chi connectivity index (χ1n) is 6.29. The van der Waals surface area contributed by atoms with E-state index in [1.54, 1.807) is 12.1 Å². The maximum atomic E-state index is 12.4. The molecule has 0 fully saturated rings. The summed E-state index contributed by atoms with van der Waals surface area (Å²) in [5.74, 6) is 0.368. The van der Waals surface area contributed by atoms with Crippen LogP contribution in [0.4, 0.5) is 0 Å². The van der Waals surface area contributed by atoms with E-state index in [1.165, 1.54) is 0 Å². The smallest absolute Gasteiger partial charge is 0.198 e. The highest BCUT2D eigenvalue weighted by Gasteiger charge is 2.25. The second-order valence-corrected chi connectivity index (χ2v) is 7.67. The summed E-state index contributed by atoms with van der Waals surface area (Å²) in [4.78, 5) is 11.7. The van der Waals surface area contributed by atoms with Crippen LogP contribution in [0.2, 0.25) is 0 Å². The molecule has 0 aliphatic carbocycles. The van der Waals surface area contributed by atoms with Gasteiger partial charge in [-0.15, -0.1) is 0 Å². The van der Waals surface area contributed by atoms with Crippen LogP contribution in [-0.2, 0) is 4.57 Å². The van der Waals surface area contributed by atoms with Crippen molar-refractivity contribution in [2.45, 2.75) is 40.0 Å². The summed E-state index contributed by atoms with van der Waals surface area (Å²) in [7, 11) is -2.40. The number of Topliss-reactive ketones (excluding diaryl/α,β-unsaturated/α-hetero) is 1. The second-order valence-electron chi connectivity index (χ2n) is 4.19. The van der Waals surface area contributed by atoms with Crippen molar-refractivity contribution in [3.8, 4) is 0 Å². The van der Waals surface area contributed by atoms with Gasteiger partial charge in [0.15, 0.2) is 17.0 Å². The van der Waals surface area contributed by atoms with Gasteiger partial charge in [0.25, 0.3) is 0 Å². The molecule has 0 atom stereocenters. The quantitative estimate of drug-likeness (QED) is 0.552. The summed E-state index contributed by atoms with van der Waals surface area (Å²) in [6.45, 7) is 5.83. The summed E-state index contributed by atoms with van der Waals surface area (Å²) in [5.41, 5.74) is 0.502. The predicted octanol–water partition coefficient (Wildman–Crippen LogP) is 3.68. The molecule has 0 amide bonds. The molecule has 1 aromatic heterocycles. The molecule has 1 rings (SSSR count). The lowest BCUT2D eigenvalue weighted by Gasteiger charge is -2.09. The molecule has 1 aromatic rings. The van der Waals surface area contributed by atoms with Gasteiger partial charge in [-0.2, -0.15) is 0 Å². The third-order valence-electron chi connectivity index (χ3n) is 3.05. The predicted molar refractivity (Wildman–Crippen MR) is 70.9 cm³/mol. The fraction of sp³-hybridized carbons (Fsp3) is 0.615. The minimum absolute atomic E-state index is 0.0110. The lowest BCUT2D eigenvalue weighted by molar-refractivity contribution is 0.0954. The molecule has 0 spiro atoms. The Morgan fingerprint density at radius 2 is 1.88 bits per heavy atom. The molecule has 0 N–H and O–H groups in total. The highest BCUT2D eigenvalue weighted by molar-refractivity contribution is 7.71. The van der Waals surface area contributed by atoms with Gasteiger partial charge in [-0.3, -0.25) is 4.79 Å². The van der Waals surface area contributed by atoms with Crippen molar-refractivity contribution in [3.63, 3.8) is 0 Å². The van der Waals surface area contributed by atoms with Gasteiger partial charge in [0.05, 0.1) is 0 Å². The third kappa shape index (κ3) is 3.32. The maximum absolute atomic E-state index is 12.4. The highest BCUT2D eigenvalue weighted by Crippen LogP contribution is 2.43. The zero-order valence-electron chi connectivity index (χ0n) is 10.9. The summed E-state index contributed by atoms with van der Waals surface area (Å²) < 4.78 is 17.9. The molecule has 96 valence electrons. The zero-order valence-corrected chi connectivity index (χ0v) is 11.8. The Labute approximate surface area is 103 Å². The topological polar surface area (TPSA) is 47.3 Å². The zero-order chi connectivity index (χ0) is 12.9. The average molecular weight is 256 g/mol. The fourth-order valence-corrected chi connectivity index (χ4v) is 3.37. The van der Waals surface area contributed by atoms with Gasteiger partial charge in [-0.25, -0.2) is 0 Å². The monoisotopic (exact) mass is 256 g/mol. The van der Waals surface area contributed by atoms with E-state index in [1.807, 2.05) is 20.8 Å². The van der Waals surface area contributed by atoms with Crippen LogP contribution in [0, 0.1) is 0 Å². The lowest BCUT2D eigenvalue weighted by atomic mass is 10.1. The van der Waals surface area contributed by atoms with Gasteiger partial charge in [0.2, 0.25) is 0 Å². The van der Waals surface area contributed by atoms with Gasteiger partial charge in [0, 0.05) is 18.7 Å². The first-order chi connectivity index (χ1) is 8.07. The molecule has 3 nitrogen and oxygen atoms in total. The first kappa shape index (κ1) is 14.2. The van der Waals surface area contributed by atoms with Crippen molar-refractivity contribution in [2.75, 3.05) is 12.3 Å². The molecule has 0 aromatic carbocycles. The number of carbonyl (C=O) groups excluding carboxylic acids is 1. The van der Waals surface area contributed by atoms with Gasteiger partial charge < -0.3 is 8.98 Å². The van der Waals surface area contributed by atoms with Crippen LogP contribution in [0.3, 0.4) is 0 Å². The van der Waals surface area contributed by atoms with Crippen LogP contribution in [0.1, 0.15) is 50.6 Å². The number of hydrogen-bond donors (Lipinski definition) is 0. The Kier molecular flexibility index (Phi) is 5.20. The van der Waals surface area contributed by atoms with E-state index in [4.69, 9.17) is 4.42 Å². The van der Waals surface area contributed by atoms with E-state index in [0.717, 1.165) is 12.8 Å². The minimum atomic E-state index is -2.40. The van der Waals surface area contributed by atoms with Gasteiger partial charge >= 0.3 is 0 Å². The normalized spacial score (nSPS) is 11.7. The molecule has 0 saturated heterocycles. The lowest BCUT2D eigenvalue weighted by Crippen LogP contribution is -2.06. The molecule has 0 aliphatic heterocycles. The second kappa shape index (κ2) is 6.20. The summed E-state index contributed by atoms with van der Waals surface area (Å²) in [5, 5.41) is 0. The van der Waals surface area contributed by atoms with Gasteiger partial charge in [-0.1, -0.05) is 27.2 Å². The van der Waals surface area contributed by atoms with E-state index in [-0.39, 0.29) is 5.78 Å². The number of furan rings is 1. The minimum Gasteiger partial charge on any atom is -0.450 e. The molecule has 0 radical (unpaired) electrons. The molecule has 0 unspecified atom stereocenters. The first-order valence-corrected chi connectivity index (χ1v) is 8.36. The fourth-order valence-electron chi connectivity index (χ4n) is 1.69. The van der Waals surface area contributed by atoms with Crippen molar-refractivity contribution in [2.24, 2.45) is 0 Å². The molecule has 0 aliphatic rings. The summed E-state index contributed by atoms with van der Waals surface area (Å²) >= 11 is 0. The van der Waals surface area contributed by atoms with Crippen LogP contribution < -0.4 is 5.50 Å². The molecule has 17 heavy (non-hydrogen) atoms. The Hall–Kier alpha value is -0.820. The SMILES string of the molecule is CCCCC(=O)c1ccc(P(=O)(CC)CC)o1. The number of ketones is 1. The van der Waals surface area contributed by atoms with E-state index >= 15 is 0 Å². The Morgan fingerprint density at radius 3 is 2.41 bits per heavy atom. The van der Waals surface area contributed by atoms with Crippen molar-refractivity contribution >= 4 is 18.4 Å². The molecule has 0 saturated carbocycles. The number of carbonyl (C=O) groups is 1. The van der Waals surface area contributed by atoms with E-state index in [0.29, 0.717) is 30.0 Å². The maximum Gasteiger partial charge on any atom is 0.198 e. The van der Waals surface area contributed by atoms with Gasteiger partial charge in [-0.05, 0) is 18.6 Å². The number of unbranched alkanes of at least 4 members (excludes halogenated alkanes) is 1. The van der Waals surface area contributed by atoms with E-state index in [2.05, 4.69) is 0 Å². The Morgan fingerprint density at radius 1 is 1.24 bits per heavy atom. The van der Waals surface area contributed by atoms with Crippen LogP contribution in [0.5, 0.6) is 0 Å². The number of hydrogen-bond acceptors (Lipinski definition) is 3. The highest BCUT2D eigenvalue weighted by atomic mass is 31.2. The Bertz CT molecular complexity index is 412. The summed E-state index contributed by atoms with van der Waals surface area (Å²) in [6.07, 6.45) is 3.53. The van der Waals surface area contributed by atoms with Gasteiger partial charge in [0.1, 0.15) is 7.14 Å². The van der Waals surface area contributed by atoms with Crippen LogP contribution >= 0.6 is 7.14 Å². The molecule has 4 heteroatoms. The standard InChI is InChI=1S/C13H21O3P/c1-4-7-8-11(14)12-9-10-13(16-12)17(15,5-2)6-3/h9-10H,4-8H2,1-3H3. The molecular formula is C13H21O3P.